The van der Waals surface area contributed by atoms with Crippen molar-refractivity contribution in [2.45, 2.75) is 64.0 Å². The molecule has 0 aromatic carbocycles. The van der Waals surface area contributed by atoms with E-state index in [1.54, 1.807) is 0 Å². The molecular formula is C13H24N2O. The highest BCUT2D eigenvalue weighted by Gasteiger charge is 2.29. The lowest BCUT2D eigenvalue weighted by Crippen LogP contribution is -2.45. The summed E-state index contributed by atoms with van der Waals surface area (Å²) in [5.41, 5.74) is 6.05. The molecule has 3 nitrogen and oxygen atoms in total. The van der Waals surface area contributed by atoms with Gasteiger partial charge < -0.3 is 11.1 Å². The van der Waals surface area contributed by atoms with E-state index in [0.29, 0.717) is 18.4 Å². The minimum atomic E-state index is 0.222. The molecule has 0 radical (unpaired) electrons. The molecule has 0 spiro atoms. The minimum Gasteiger partial charge on any atom is -0.353 e. The highest BCUT2D eigenvalue weighted by atomic mass is 16.1. The van der Waals surface area contributed by atoms with Gasteiger partial charge in [-0.25, -0.2) is 0 Å². The molecule has 1 amide bonds. The number of nitrogens with one attached hydrogen (secondary N) is 1. The molecule has 0 aromatic heterocycles. The number of carbonyl (C=O) groups is 1. The average Bonchev–Trinajstić information content (AvgIpc) is 2.19. The van der Waals surface area contributed by atoms with Gasteiger partial charge in [0.15, 0.2) is 0 Å². The van der Waals surface area contributed by atoms with E-state index in [1.807, 2.05) is 0 Å². The van der Waals surface area contributed by atoms with E-state index >= 15 is 0 Å². The molecule has 2 rings (SSSR count). The first kappa shape index (κ1) is 11.9. The van der Waals surface area contributed by atoms with Crippen LogP contribution in [0.2, 0.25) is 0 Å². The van der Waals surface area contributed by atoms with Crippen molar-refractivity contribution in [3.63, 3.8) is 0 Å². The Morgan fingerprint density at radius 3 is 2.62 bits per heavy atom. The van der Waals surface area contributed by atoms with E-state index in [1.165, 1.54) is 12.8 Å². The number of hydrogen-bond acceptors (Lipinski definition) is 2. The van der Waals surface area contributed by atoms with Crippen LogP contribution in [0.25, 0.3) is 0 Å². The van der Waals surface area contributed by atoms with Crippen LogP contribution in [0.3, 0.4) is 0 Å². The Bertz CT molecular complexity index is 248. The summed E-state index contributed by atoms with van der Waals surface area (Å²) < 4.78 is 0. The van der Waals surface area contributed by atoms with Gasteiger partial charge in [0, 0.05) is 18.5 Å². The molecule has 3 heteroatoms. The van der Waals surface area contributed by atoms with Crippen molar-refractivity contribution in [2.75, 3.05) is 0 Å². The molecule has 0 aromatic rings. The fourth-order valence-corrected chi connectivity index (χ4v) is 3.03. The summed E-state index contributed by atoms with van der Waals surface area (Å²) in [6.07, 6.45) is 7.66. The van der Waals surface area contributed by atoms with Crippen molar-refractivity contribution >= 4 is 5.91 Å². The van der Waals surface area contributed by atoms with Crippen LogP contribution in [-0.2, 0) is 4.79 Å². The molecule has 2 atom stereocenters. The van der Waals surface area contributed by atoms with Crippen molar-refractivity contribution < 1.29 is 4.79 Å². The molecule has 92 valence electrons. The molecule has 0 aliphatic heterocycles. The van der Waals surface area contributed by atoms with Crippen molar-refractivity contribution in [3.8, 4) is 0 Å². The van der Waals surface area contributed by atoms with Crippen molar-refractivity contribution in [2.24, 2.45) is 17.6 Å². The van der Waals surface area contributed by atoms with Gasteiger partial charge in [-0.15, -0.1) is 0 Å². The topological polar surface area (TPSA) is 55.1 Å². The maximum absolute atomic E-state index is 11.8. The first-order valence-electron chi connectivity index (χ1n) is 6.70. The van der Waals surface area contributed by atoms with Gasteiger partial charge in [0.25, 0.3) is 0 Å². The van der Waals surface area contributed by atoms with Crippen LogP contribution in [0.1, 0.15) is 51.9 Å². The normalized spacial score (nSPS) is 38.9. The molecule has 2 unspecified atom stereocenters. The SMILES string of the molecule is CC1CC(NC(=O)CC2CCCCC2N)C1. The Balaban J connectivity index is 1.69. The van der Waals surface area contributed by atoms with Gasteiger partial charge in [-0.05, 0) is 37.5 Å². The van der Waals surface area contributed by atoms with Gasteiger partial charge in [0.2, 0.25) is 5.91 Å². The lowest BCUT2D eigenvalue weighted by atomic mass is 9.80. The zero-order valence-corrected chi connectivity index (χ0v) is 10.2. The third kappa shape index (κ3) is 2.97. The Labute approximate surface area is 98.2 Å². The molecule has 0 saturated heterocycles. The van der Waals surface area contributed by atoms with Crippen LogP contribution < -0.4 is 11.1 Å². The monoisotopic (exact) mass is 224 g/mol. The summed E-state index contributed by atoms with van der Waals surface area (Å²) in [5.74, 6) is 1.44. The fourth-order valence-electron chi connectivity index (χ4n) is 3.03. The second-order valence-corrected chi connectivity index (χ2v) is 5.75. The zero-order valence-electron chi connectivity index (χ0n) is 10.2. The first-order valence-corrected chi connectivity index (χ1v) is 6.70. The number of amides is 1. The van der Waals surface area contributed by atoms with Crippen molar-refractivity contribution in [3.05, 3.63) is 0 Å². The van der Waals surface area contributed by atoms with Crippen LogP contribution in [0.5, 0.6) is 0 Å². The fraction of sp³-hybridized carbons (Fsp3) is 0.923. The average molecular weight is 224 g/mol. The van der Waals surface area contributed by atoms with Gasteiger partial charge in [-0.3, -0.25) is 4.79 Å². The highest BCUT2D eigenvalue weighted by molar-refractivity contribution is 5.76. The van der Waals surface area contributed by atoms with Gasteiger partial charge in [0.1, 0.15) is 0 Å². The smallest absolute Gasteiger partial charge is 0.220 e. The Hall–Kier alpha value is -0.570. The third-order valence-electron chi connectivity index (χ3n) is 4.15. The van der Waals surface area contributed by atoms with E-state index in [9.17, 15) is 4.79 Å². The second-order valence-electron chi connectivity index (χ2n) is 5.75. The van der Waals surface area contributed by atoms with Gasteiger partial charge in [-0.1, -0.05) is 19.8 Å². The molecule has 2 aliphatic carbocycles. The third-order valence-corrected chi connectivity index (χ3v) is 4.15. The van der Waals surface area contributed by atoms with Crippen LogP contribution in [0, 0.1) is 11.8 Å². The molecule has 2 fully saturated rings. The molecule has 16 heavy (non-hydrogen) atoms. The van der Waals surface area contributed by atoms with Crippen LogP contribution >= 0.6 is 0 Å². The summed E-state index contributed by atoms with van der Waals surface area (Å²) in [7, 11) is 0. The Morgan fingerprint density at radius 1 is 1.31 bits per heavy atom. The van der Waals surface area contributed by atoms with Crippen molar-refractivity contribution in [1.29, 1.82) is 0 Å². The van der Waals surface area contributed by atoms with E-state index in [2.05, 4.69) is 12.2 Å². The van der Waals surface area contributed by atoms with E-state index in [4.69, 9.17) is 5.73 Å². The standard InChI is InChI=1S/C13H24N2O/c1-9-6-11(7-9)15-13(16)8-10-4-2-3-5-12(10)14/h9-12H,2-8,14H2,1H3,(H,15,16). The number of hydrogen-bond donors (Lipinski definition) is 2. The number of carbonyl (C=O) groups excluding carboxylic acids is 1. The predicted octanol–water partition coefficient (Wildman–Crippen LogP) is 1.81. The van der Waals surface area contributed by atoms with Crippen LogP contribution in [0.15, 0.2) is 0 Å². The molecule has 3 N–H and O–H groups in total. The zero-order chi connectivity index (χ0) is 11.5. The van der Waals surface area contributed by atoms with Gasteiger partial charge in [0.05, 0.1) is 0 Å². The lowest BCUT2D eigenvalue weighted by Gasteiger charge is -2.34. The summed E-state index contributed by atoms with van der Waals surface area (Å²) in [5, 5.41) is 3.12. The summed E-state index contributed by atoms with van der Waals surface area (Å²) in [6, 6.07) is 0.696. The van der Waals surface area contributed by atoms with E-state index < -0.39 is 0 Å². The molecule has 0 bridgehead atoms. The summed E-state index contributed by atoms with van der Waals surface area (Å²) in [6.45, 7) is 2.24. The van der Waals surface area contributed by atoms with Gasteiger partial charge >= 0.3 is 0 Å². The van der Waals surface area contributed by atoms with Crippen molar-refractivity contribution in [1.82, 2.24) is 5.32 Å². The van der Waals surface area contributed by atoms with E-state index in [-0.39, 0.29) is 11.9 Å². The van der Waals surface area contributed by atoms with E-state index in [0.717, 1.165) is 31.6 Å². The summed E-state index contributed by atoms with van der Waals surface area (Å²) in [4.78, 5) is 11.8. The molecule has 2 saturated carbocycles. The largest absolute Gasteiger partial charge is 0.353 e. The number of rotatable bonds is 3. The lowest BCUT2D eigenvalue weighted by molar-refractivity contribution is -0.123. The van der Waals surface area contributed by atoms with Crippen LogP contribution in [-0.4, -0.2) is 18.0 Å². The molecular weight excluding hydrogens is 200 g/mol. The first-order chi connectivity index (χ1) is 7.65. The molecule has 0 heterocycles. The summed E-state index contributed by atoms with van der Waals surface area (Å²) >= 11 is 0. The second kappa shape index (κ2) is 5.17. The van der Waals surface area contributed by atoms with Crippen LogP contribution in [0.4, 0.5) is 0 Å². The Kier molecular flexibility index (Phi) is 3.85. The number of nitrogens with two attached hydrogens (primary N) is 1. The minimum absolute atomic E-state index is 0.222. The Morgan fingerprint density at radius 2 is 2.00 bits per heavy atom. The maximum Gasteiger partial charge on any atom is 0.220 e. The quantitative estimate of drug-likeness (QED) is 0.768. The maximum atomic E-state index is 11.8. The highest BCUT2D eigenvalue weighted by Crippen LogP contribution is 2.28. The van der Waals surface area contributed by atoms with Gasteiger partial charge in [-0.2, -0.15) is 0 Å². The predicted molar refractivity (Wildman–Crippen MR) is 64.9 cm³/mol. The molecule has 2 aliphatic rings.